The molecule has 0 aliphatic heterocycles. The van der Waals surface area contributed by atoms with E-state index < -0.39 is 5.91 Å². The van der Waals surface area contributed by atoms with Gasteiger partial charge in [-0.15, -0.1) is 11.3 Å². The molecule has 0 saturated carbocycles. The number of hydrogen-bond donors (Lipinski definition) is 0. The van der Waals surface area contributed by atoms with Crippen LogP contribution in [0.1, 0.15) is 9.67 Å². The fraction of sp³-hybridized carbons (Fsp3) is 0. The smallest absolute Gasteiger partial charge is 0.259 e. The van der Waals surface area contributed by atoms with Gasteiger partial charge in [-0.25, -0.2) is 4.39 Å². The summed E-state index contributed by atoms with van der Waals surface area (Å²) in [7, 11) is 0. The largest absolute Gasteiger partial charge is 0.286 e. The molecule has 0 N–H and O–H groups in total. The van der Waals surface area contributed by atoms with Crippen molar-refractivity contribution in [1.82, 2.24) is 0 Å². The Labute approximate surface area is 100.0 Å². The maximum Gasteiger partial charge on any atom is 0.259 e. The van der Waals surface area contributed by atoms with Crippen LogP contribution in [0.15, 0.2) is 41.5 Å². The van der Waals surface area contributed by atoms with Crippen LogP contribution in [0.25, 0.3) is 20.9 Å². The number of hydrogen-bond acceptors (Lipinski definition) is 2. The Morgan fingerprint density at radius 1 is 1.24 bits per heavy atom. The first-order valence-electron chi connectivity index (χ1n) is 4.66. The monoisotopic (exact) mass is 247 g/mol. The minimum Gasteiger partial charge on any atom is -0.286 e. The molecule has 0 atom stereocenters. The Bertz CT molecular complexity index is 599. The Morgan fingerprint density at radius 2 is 1.94 bits per heavy atom. The van der Waals surface area contributed by atoms with Crippen molar-refractivity contribution in [2.75, 3.05) is 0 Å². The number of carbonyl (C=O) groups is 1. The summed E-state index contributed by atoms with van der Waals surface area (Å²) in [5.41, 5.74) is 8.97. The molecule has 2 aromatic rings. The molecule has 0 aliphatic carbocycles. The number of thiophene rings is 1. The number of rotatable bonds is 2. The first kappa shape index (κ1) is 11.3. The summed E-state index contributed by atoms with van der Waals surface area (Å²) < 4.78 is 12.7. The van der Waals surface area contributed by atoms with Crippen molar-refractivity contribution >= 4 is 17.2 Å². The van der Waals surface area contributed by atoms with Crippen LogP contribution in [0, 0.1) is 5.82 Å². The third kappa shape index (κ3) is 2.50. The molecule has 2 rings (SSSR count). The van der Waals surface area contributed by atoms with Crippen LogP contribution in [0.4, 0.5) is 4.39 Å². The van der Waals surface area contributed by atoms with Crippen LogP contribution in [0.3, 0.4) is 0 Å². The van der Waals surface area contributed by atoms with E-state index in [1.54, 1.807) is 24.3 Å². The van der Waals surface area contributed by atoms with Crippen molar-refractivity contribution in [3.63, 3.8) is 0 Å². The van der Waals surface area contributed by atoms with Crippen molar-refractivity contribution in [1.29, 1.82) is 0 Å². The molecule has 1 heterocycles. The SMILES string of the molecule is [N-]=[N+]=NC(=O)c1ccc(-c2ccc(F)cc2)s1. The van der Waals surface area contributed by atoms with Gasteiger partial charge in [0.1, 0.15) is 5.82 Å². The Kier molecular flexibility index (Phi) is 3.18. The third-order valence-electron chi connectivity index (χ3n) is 2.08. The Morgan fingerprint density at radius 3 is 2.59 bits per heavy atom. The van der Waals surface area contributed by atoms with Gasteiger partial charge in [0, 0.05) is 9.79 Å². The summed E-state index contributed by atoms with van der Waals surface area (Å²) in [6.45, 7) is 0. The summed E-state index contributed by atoms with van der Waals surface area (Å²) in [6.07, 6.45) is 0. The minimum absolute atomic E-state index is 0.310. The van der Waals surface area contributed by atoms with Gasteiger partial charge in [0.2, 0.25) is 0 Å². The van der Waals surface area contributed by atoms with Crippen molar-refractivity contribution in [2.24, 2.45) is 5.11 Å². The van der Waals surface area contributed by atoms with E-state index in [4.69, 9.17) is 5.53 Å². The van der Waals surface area contributed by atoms with Crippen LogP contribution in [-0.2, 0) is 0 Å². The zero-order valence-corrected chi connectivity index (χ0v) is 9.32. The quantitative estimate of drug-likeness (QED) is 0.449. The van der Waals surface area contributed by atoms with Crippen molar-refractivity contribution in [2.45, 2.75) is 0 Å². The van der Waals surface area contributed by atoms with E-state index in [0.717, 1.165) is 10.4 Å². The average molecular weight is 247 g/mol. The molecule has 0 saturated heterocycles. The lowest BCUT2D eigenvalue weighted by molar-refractivity contribution is 0.100. The zero-order chi connectivity index (χ0) is 12.3. The average Bonchev–Trinajstić information content (AvgIpc) is 2.80. The van der Waals surface area contributed by atoms with Crippen LogP contribution >= 0.6 is 11.3 Å². The highest BCUT2D eigenvalue weighted by molar-refractivity contribution is 7.17. The molecule has 0 aliphatic rings. The number of halogens is 1. The van der Waals surface area contributed by atoms with Crippen molar-refractivity contribution < 1.29 is 9.18 Å². The zero-order valence-electron chi connectivity index (χ0n) is 8.50. The van der Waals surface area contributed by atoms with Gasteiger partial charge in [0.15, 0.2) is 0 Å². The van der Waals surface area contributed by atoms with Gasteiger partial charge in [-0.1, -0.05) is 12.1 Å². The summed E-state index contributed by atoms with van der Waals surface area (Å²) in [5.74, 6) is -0.915. The number of amides is 1. The molecule has 1 amide bonds. The highest BCUT2D eigenvalue weighted by Gasteiger charge is 2.08. The lowest BCUT2D eigenvalue weighted by Gasteiger charge is -1.95. The molecule has 17 heavy (non-hydrogen) atoms. The first-order chi connectivity index (χ1) is 8.20. The summed E-state index contributed by atoms with van der Waals surface area (Å²) in [4.78, 5) is 14.9. The fourth-order valence-corrected chi connectivity index (χ4v) is 2.20. The first-order valence-corrected chi connectivity index (χ1v) is 5.47. The number of nitrogens with zero attached hydrogens (tertiary/aromatic N) is 3. The standard InChI is InChI=1S/C11H6FN3OS/c12-8-3-1-7(2-4-8)9-5-6-10(17-9)11(16)14-15-13/h1-6H. The van der Waals surface area contributed by atoms with E-state index in [2.05, 4.69) is 10.0 Å². The van der Waals surface area contributed by atoms with Gasteiger partial charge >= 0.3 is 0 Å². The predicted octanol–water partition coefficient (Wildman–Crippen LogP) is 4.00. The highest BCUT2D eigenvalue weighted by atomic mass is 32.1. The minimum atomic E-state index is -0.606. The normalized spacial score (nSPS) is 9.71. The molecular weight excluding hydrogens is 241 g/mol. The molecule has 0 bridgehead atoms. The number of benzene rings is 1. The molecule has 6 heteroatoms. The maximum atomic E-state index is 12.7. The van der Waals surface area contributed by atoms with Crippen molar-refractivity contribution in [3.05, 3.63) is 57.5 Å². The molecule has 0 spiro atoms. The molecule has 0 fully saturated rings. The number of carbonyl (C=O) groups excluding carboxylic acids is 1. The molecule has 4 nitrogen and oxygen atoms in total. The van der Waals surface area contributed by atoms with E-state index >= 15 is 0 Å². The second kappa shape index (κ2) is 4.78. The summed E-state index contributed by atoms with van der Waals surface area (Å²) in [5, 5.41) is 3.01. The molecule has 0 radical (unpaired) electrons. The van der Waals surface area contributed by atoms with Gasteiger partial charge in [-0.05, 0) is 40.5 Å². The molecule has 1 aromatic heterocycles. The predicted molar refractivity (Wildman–Crippen MR) is 63.2 cm³/mol. The lowest BCUT2D eigenvalue weighted by Crippen LogP contribution is -1.86. The number of azide groups is 1. The van der Waals surface area contributed by atoms with Gasteiger partial charge in [0.25, 0.3) is 5.91 Å². The van der Waals surface area contributed by atoms with E-state index in [1.807, 2.05) is 0 Å². The third-order valence-corrected chi connectivity index (χ3v) is 3.20. The van der Waals surface area contributed by atoms with Gasteiger partial charge < -0.3 is 0 Å². The Balaban J connectivity index is 2.32. The lowest BCUT2D eigenvalue weighted by atomic mass is 10.2. The van der Waals surface area contributed by atoms with Gasteiger partial charge in [0.05, 0.1) is 4.88 Å². The van der Waals surface area contributed by atoms with E-state index in [9.17, 15) is 9.18 Å². The molecular formula is C11H6FN3OS. The molecule has 1 aromatic carbocycles. The summed E-state index contributed by atoms with van der Waals surface area (Å²) in [6, 6.07) is 9.28. The van der Waals surface area contributed by atoms with Crippen LogP contribution in [-0.4, -0.2) is 5.91 Å². The maximum absolute atomic E-state index is 12.7. The topological polar surface area (TPSA) is 65.8 Å². The fourth-order valence-electron chi connectivity index (χ4n) is 1.31. The van der Waals surface area contributed by atoms with Crippen LogP contribution < -0.4 is 0 Å². The highest BCUT2D eigenvalue weighted by Crippen LogP contribution is 2.28. The second-order valence-corrected chi connectivity index (χ2v) is 4.25. The van der Waals surface area contributed by atoms with E-state index in [0.29, 0.717) is 4.88 Å². The summed E-state index contributed by atoms with van der Waals surface area (Å²) >= 11 is 1.20. The van der Waals surface area contributed by atoms with E-state index in [-0.39, 0.29) is 5.82 Å². The van der Waals surface area contributed by atoms with Crippen molar-refractivity contribution in [3.8, 4) is 10.4 Å². The second-order valence-electron chi connectivity index (χ2n) is 3.17. The van der Waals surface area contributed by atoms with Crippen LogP contribution in [0.5, 0.6) is 0 Å². The van der Waals surface area contributed by atoms with Gasteiger partial charge in [-0.2, -0.15) is 0 Å². The van der Waals surface area contributed by atoms with Gasteiger partial charge in [-0.3, -0.25) is 4.79 Å². The molecule has 0 unspecified atom stereocenters. The van der Waals surface area contributed by atoms with E-state index in [1.165, 1.54) is 23.5 Å². The Hall–Kier alpha value is -2.17. The molecule has 84 valence electrons. The van der Waals surface area contributed by atoms with Crippen LogP contribution in [0.2, 0.25) is 0 Å².